The lowest BCUT2D eigenvalue weighted by Crippen LogP contribution is -2.21. The fourth-order valence-corrected chi connectivity index (χ4v) is 2.80. The van der Waals surface area contributed by atoms with Gasteiger partial charge in [-0.3, -0.25) is 0 Å². The molecule has 0 bridgehead atoms. The summed E-state index contributed by atoms with van der Waals surface area (Å²) >= 11 is 8.16. The number of fused-ring (bicyclic) bond motifs is 1. The molecule has 3 heteroatoms. The minimum Gasteiger partial charge on any atom is -0.241 e. The van der Waals surface area contributed by atoms with E-state index in [2.05, 4.69) is 44.0 Å². The van der Waals surface area contributed by atoms with E-state index >= 15 is 0 Å². The zero-order valence-corrected chi connectivity index (χ0v) is 12.1. The maximum Gasteiger partial charge on any atom is 0.0939 e. The Labute approximate surface area is 112 Å². The maximum absolute atomic E-state index is 6.38. The Hall–Kier alpha value is -0.600. The Morgan fingerprint density at radius 1 is 1.29 bits per heavy atom. The summed E-state index contributed by atoms with van der Waals surface area (Å²) in [4.78, 5) is 4.63. The standard InChI is InChI=1S/C14H18ClNS/c1-14(2,3)12(15)8-9-13-16-10-6-4-5-7-11(10)17-13/h4-7,12H,8-9H2,1-3H3. The van der Waals surface area contributed by atoms with Crippen molar-refractivity contribution in [3.8, 4) is 0 Å². The summed E-state index contributed by atoms with van der Waals surface area (Å²) in [6, 6.07) is 8.28. The molecule has 1 atom stereocenters. The van der Waals surface area contributed by atoms with Crippen molar-refractivity contribution in [3.05, 3.63) is 29.3 Å². The van der Waals surface area contributed by atoms with Crippen LogP contribution in [0.5, 0.6) is 0 Å². The molecule has 0 aliphatic rings. The first kappa shape index (κ1) is 12.8. The van der Waals surface area contributed by atoms with Crippen LogP contribution in [0.2, 0.25) is 0 Å². The Balaban J connectivity index is 2.04. The van der Waals surface area contributed by atoms with E-state index in [4.69, 9.17) is 11.6 Å². The molecule has 0 saturated heterocycles. The number of thiazole rings is 1. The first-order valence-corrected chi connectivity index (χ1v) is 7.20. The van der Waals surface area contributed by atoms with Gasteiger partial charge in [-0.25, -0.2) is 4.98 Å². The van der Waals surface area contributed by atoms with Crippen LogP contribution in [-0.2, 0) is 6.42 Å². The van der Waals surface area contributed by atoms with Crippen molar-refractivity contribution in [3.63, 3.8) is 0 Å². The van der Waals surface area contributed by atoms with Crippen LogP contribution >= 0.6 is 22.9 Å². The molecule has 0 aliphatic carbocycles. The lowest BCUT2D eigenvalue weighted by Gasteiger charge is -2.24. The van der Waals surface area contributed by atoms with Gasteiger partial charge in [0, 0.05) is 11.8 Å². The van der Waals surface area contributed by atoms with Crippen LogP contribution in [0.15, 0.2) is 24.3 Å². The zero-order valence-electron chi connectivity index (χ0n) is 10.5. The molecule has 0 amide bonds. The molecule has 0 N–H and O–H groups in total. The summed E-state index contributed by atoms with van der Waals surface area (Å²) in [5.74, 6) is 0. The fourth-order valence-electron chi connectivity index (χ4n) is 1.71. The minimum atomic E-state index is 0.165. The molecule has 0 saturated carbocycles. The van der Waals surface area contributed by atoms with Gasteiger partial charge in [-0.15, -0.1) is 22.9 Å². The summed E-state index contributed by atoms with van der Waals surface area (Å²) < 4.78 is 1.27. The number of aromatic nitrogens is 1. The van der Waals surface area contributed by atoms with Gasteiger partial charge in [0.2, 0.25) is 0 Å². The van der Waals surface area contributed by atoms with Gasteiger partial charge in [-0.05, 0) is 24.0 Å². The second kappa shape index (κ2) is 4.95. The zero-order chi connectivity index (χ0) is 12.5. The lowest BCUT2D eigenvalue weighted by atomic mass is 9.89. The van der Waals surface area contributed by atoms with Crippen molar-refractivity contribution in [1.82, 2.24) is 4.98 Å². The predicted octanol–water partition coefficient (Wildman–Crippen LogP) is 4.88. The van der Waals surface area contributed by atoms with Gasteiger partial charge in [0.25, 0.3) is 0 Å². The molecular formula is C14H18ClNS. The van der Waals surface area contributed by atoms with Crippen molar-refractivity contribution in [2.45, 2.75) is 39.0 Å². The van der Waals surface area contributed by atoms with Crippen LogP contribution in [-0.4, -0.2) is 10.4 Å². The molecule has 0 radical (unpaired) electrons. The third-order valence-electron chi connectivity index (χ3n) is 2.89. The summed E-state index contributed by atoms with van der Waals surface area (Å²) in [5.41, 5.74) is 1.27. The molecule has 0 fully saturated rings. The Bertz CT molecular complexity index is 465. The van der Waals surface area contributed by atoms with E-state index in [9.17, 15) is 0 Å². The van der Waals surface area contributed by atoms with E-state index in [0.29, 0.717) is 0 Å². The number of hydrogen-bond acceptors (Lipinski definition) is 2. The predicted molar refractivity (Wildman–Crippen MR) is 77.0 cm³/mol. The molecule has 17 heavy (non-hydrogen) atoms. The summed E-state index contributed by atoms with van der Waals surface area (Å²) in [5, 5.41) is 1.40. The van der Waals surface area contributed by atoms with Crippen LogP contribution in [0.3, 0.4) is 0 Å². The number of aryl methyl sites for hydroxylation is 1. The number of nitrogens with zero attached hydrogens (tertiary/aromatic N) is 1. The van der Waals surface area contributed by atoms with E-state index < -0.39 is 0 Å². The van der Waals surface area contributed by atoms with E-state index in [0.717, 1.165) is 18.4 Å². The number of hydrogen-bond donors (Lipinski definition) is 0. The second-order valence-electron chi connectivity index (χ2n) is 5.45. The minimum absolute atomic E-state index is 0.165. The summed E-state index contributed by atoms with van der Waals surface area (Å²) in [6.45, 7) is 6.55. The molecule has 92 valence electrons. The number of para-hydroxylation sites is 1. The highest BCUT2D eigenvalue weighted by atomic mass is 35.5. The molecule has 2 aromatic rings. The average Bonchev–Trinajstić information content (AvgIpc) is 2.66. The second-order valence-corrected chi connectivity index (χ2v) is 7.09. The quantitative estimate of drug-likeness (QED) is 0.722. The third-order valence-corrected chi connectivity index (χ3v) is 4.86. The number of benzene rings is 1. The molecule has 0 aliphatic heterocycles. The molecule has 1 unspecified atom stereocenters. The number of rotatable bonds is 3. The fraction of sp³-hybridized carbons (Fsp3) is 0.500. The average molecular weight is 268 g/mol. The Kier molecular flexibility index (Phi) is 3.74. The van der Waals surface area contributed by atoms with Crippen LogP contribution < -0.4 is 0 Å². The van der Waals surface area contributed by atoms with Crippen molar-refractivity contribution < 1.29 is 0 Å². The van der Waals surface area contributed by atoms with Crippen LogP contribution in [0.1, 0.15) is 32.2 Å². The molecular weight excluding hydrogens is 250 g/mol. The van der Waals surface area contributed by atoms with Crippen LogP contribution in [0, 0.1) is 5.41 Å². The van der Waals surface area contributed by atoms with Crippen LogP contribution in [0.25, 0.3) is 10.2 Å². The van der Waals surface area contributed by atoms with Gasteiger partial charge < -0.3 is 0 Å². The molecule has 1 aromatic heterocycles. The van der Waals surface area contributed by atoms with Gasteiger partial charge >= 0.3 is 0 Å². The van der Waals surface area contributed by atoms with E-state index in [1.807, 2.05) is 6.07 Å². The van der Waals surface area contributed by atoms with Crippen molar-refractivity contribution >= 4 is 33.2 Å². The van der Waals surface area contributed by atoms with E-state index in [1.54, 1.807) is 11.3 Å². The van der Waals surface area contributed by atoms with Crippen LogP contribution in [0.4, 0.5) is 0 Å². The molecule has 1 nitrogen and oxygen atoms in total. The Morgan fingerprint density at radius 3 is 2.65 bits per heavy atom. The smallest absolute Gasteiger partial charge is 0.0939 e. The van der Waals surface area contributed by atoms with E-state index in [-0.39, 0.29) is 10.8 Å². The van der Waals surface area contributed by atoms with Gasteiger partial charge in [0.05, 0.1) is 15.2 Å². The van der Waals surface area contributed by atoms with Crippen molar-refractivity contribution in [2.75, 3.05) is 0 Å². The monoisotopic (exact) mass is 267 g/mol. The number of alkyl halides is 1. The highest BCUT2D eigenvalue weighted by Gasteiger charge is 2.22. The van der Waals surface area contributed by atoms with Crippen molar-refractivity contribution in [2.24, 2.45) is 5.41 Å². The first-order chi connectivity index (χ1) is 7.97. The van der Waals surface area contributed by atoms with Gasteiger partial charge in [0.15, 0.2) is 0 Å². The lowest BCUT2D eigenvalue weighted by molar-refractivity contribution is 0.374. The normalized spacial score (nSPS) is 14.1. The largest absolute Gasteiger partial charge is 0.241 e. The maximum atomic E-state index is 6.38. The van der Waals surface area contributed by atoms with Gasteiger partial charge in [-0.2, -0.15) is 0 Å². The summed E-state index contributed by atoms with van der Waals surface area (Å²) in [6.07, 6.45) is 1.97. The van der Waals surface area contributed by atoms with Gasteiger partial charge in [-0.1, -0.05) is 32.9 Å². The highest BCUT2D eigenvalue weighted by Crippen LogP contribution is 2.29. The van der Waals surface area contributed by atoms with Crippen molar-refractivity contribution in [1.29, 1.82) is 0 Å². The highest BCUT2D eigenvalue weighted by molar-refractivity contribution is 7.18. The molecule has 1 aromatic carbocycles. The van der Waals surface area contributed by atoms with E-state index in [1.165, 1.54) is 9.71 Å². The first-order valence-electron chi connectivity index (χ1n) is 5.95. The summed E-state index contributed by atoms with van der Waals surface area (Å²) in [7, 11) is 0. The Morgan fingerprint density at radius 2 is 2.00 bits per heavy atom. The molecule has 0 spiro atoms. The van der Waals surface area contributed by atoms with Gasteiger partial charge in [0.1, 0.15) is 0 Å². The number of halogens is 1. The topological polar surface area (TPSA) is 12.9 Å². The third kappa shape index (κ3) is 3.20. The molecule has 1 heterocycles. The SMILES string of the molecule is CC(C)(C)C(Cl)CCc1nc2ccccc2s1. The molecule has 2 rings (SSSR count).